The number of rotatable bonds is 3. The molecule has 0 bridgehead atoms. The number of aryl methyl sites for hydroxylation is 1. The van der Waals surface area contributed by atoms with Gasteiger partial charge in [-0.2, -0.15) is 0 Å². The third-order valence-corrected chi connectivity index (χ3v) is 5.09. The molecule has 1 saturated heterocycles. The minimum Gasteiger partial charge on any atom is -0.339 e. The van der Waals surface area contributed by atoms with E-state index in [1.165, 1.54) is 12.1 Å². The maximum atomic E-state index is 12.4. The lowest BCUT2D eigenvalue weighted by Gasteiger charge is -2.31. The van der Waals surface area contributed by atoms with Crippen molar-refractivity contribution in [3.8, 4) is 0 Å². The highest BCUT2D eigenvalue weighted by atomic mass is 32.2. The van der Waals surface area contributed by atoms with E-state index < -0.39 is 15.6 Å². The minimum atomic E-state index is -3.63. The average Bonchev–Trinajstić information content (AvgIpc) is 2.23. The van der Waals surface area contributed by atoms with Crippen molar-refractivity contribution in [3.63, 3.8) is 0 Å². The van der Waals surface area contributed by atoms with E-state index in [-0.39, 0.29) is 10.8 Å². The van der Waals surface area contributed by atoms with Crippen LogP contribution >= 0.6 is 0 Å². The van der Waals surface area contributed by atoms with Gasteiger partial charge in [0.25, 0.3) is 5.91 Å². The summed E-state index contributed by atoms with van der Waals surface area (Å²) in [6.07, 6.45) is 1.01. The Morgan fingerprint density at radius 2 is 1.86 bits per heavy atom. The van der Waals surface area contributed by atoms with Gasteiger partial charge in [0.1, 0.15) is 0 Å². The first-order valence-corrected chi connectivity index (χ1v) is 8.52. The van der Waals surface area contributed by atoms with Crippen LogP contribution in [-0.2, 0) is 10.0 Å². The molecular weight excluding hydrogens is 288 g/mol. The molecule has 0 unspecified atom stereocenters. The summed E-state index contributed by atoms with van der Waals surface area (Å²) in [4.78, 5) is 14.2. The average molecular weight is 310 g/mol. The predicted molar refractivity (Wildman–Crippen MR) is 81.8 cm³/mol. The molecule has 0 radical (unpaired) electrons. The first-order valence-electron chi connectivity index (χ1n) is 7.04. The number of nitrogens with zero attached hydrogens (tertiary/aromatic N) is 1. The molecule has 0 aliphatic carbocycles. The van der Waals surface area contributed by atoms with Gasteiger partial charge in [0.2, 0.25) is 10.0 Å². The summed E-state index contributed by atoms with van der Waals surface area (Å²) in [5.41, 5.74) is 0.693. The molecule has 0 saturated carbocycles. The molecule has 1 fully saturated rings. The first kappa shape index (κ1) is 16.0. The molecule has 1 aromatic carbocycles. The van der Waals surface area contributed by atoms with Gasteiger partial charge in [-0.05, 0) is 51.8 Å². The van der Waals surface area contributed by atoms with Gasteiger partial charge < -0.3 is 4.90 Å². The zero-order valence-corrected chi connectivity index (χ0v) is 13.8. The van der Waals surface area contributed by atoms with Gasteiger partial charge in [0.05, 0.1) is 4.90 Å². The van der Waals surface area contributed by atoms with E-state index in [0.29, 0.717) is 5.56 Å². The third-order valence-electron chi connectivity index (χ3n) is 3.33. The van der Waals surface area contributed by atoms with Gasteiger partial charge in [-0.15, -0.1) is 0 Å². The Balaban J connectivity index is 2.36. The largest absolute Gasteiger partial charge is 0.339 e. The standard InChI is InChI=1S/C15H22N2O3S/c1-11-6-7-12(21(19,20)16-15(2,3)4)10-13(11)14(18)17-8-5-9-17/h6-7,10,16H,5,8-9H2,1-4H3. The lowest BCUT2D eigenvalue weighted by atomic mass is 10.1. The molecule has 1 aliphatic rings. The normalized spacial score (nSPS) is 15.7. The number of amides is 1. The quantitative estimate of drug-likeness (QED) is 0.927. The number of sulfonamides is 1. The Morgan fingerprint density at radius 3 is 2.33 bits per heavy atom. The monoisotopic (exact) mass is 310 g/mol. The van der Waals surface area contributed by atoms with E-state index >= 15 is 0 Å². The molecule has 0 aromatic heterocycles. The molecule has 5 nitrogen and oxygen atoms in total. The number of hydrogen-bond donors (Lipinski definition) is 1. The maximum Gasteiger partial charge on any atom is 0.254 e. The number of benzene rings is 1. The zero-order valence-electron chi connectivity index (χ0n) is 12.9. The van der Waals surface area contributed by atoms with Crippen LogP contribution in [0.25, 0.3) is 0 Å². The van der Waals surface area contributed by atoms with Crippen molar-refractivity contribution in [2.45, 2.75) is 44.6 Å². The van der Waals surface area contributed by atoms with E-state index in [4.69, 9.17) is 0 Å². The van der Waals surface area contributed by atoms with Crippen molar-refractivity contribution in [1.29, 1.82) is 0 Å². The van der Waals surface area contributed by atoms with Crippen LogP contribution in [0.2, 0.25) is 0 Å². The van der Waals surface area contributed by atoms with Gasteiger partial charge >= 0.3 is 0 Å². The number of hydrogen-bond acceptors (Lipinski definition) is 3. The Labute approximate surface area is 126 Å². The Bertz CT molecular complexity index is 656. The van der Waals surface area contributed by atoms with Crippen LogP contribution in [0.5, 0.6) is 0 Å². The topological polar surface area (TPSA) is 66.5 Å². The van der Waals surface area contributed by atoms with Crippen LogP contribution in [-0.4, -0.2) is 37.9 Å². The minimum absolute atomic E-state index is 0.0911. The van der Waals surface area contributed by atoms with Crippen molar-refractivity contribution in [3.05, 3.63) is 29.3 Å². The summed E-state index contributed by atoms with van der Waals surface area (Å²) in [7, 11) is -3.63. The Hall–Kier alpha value is -1.40. The molecule has 1 heterocycles. The fourth-order valence-corrected chi connectivity index (χ4v) is 3.59. The van der Waals surface area contributed by atoms with Crippen LogP contribution < -0.4 is 4.72 Å². The molecule has 0 atom stereocenters. The van der Waals surface area contributed by atoms with Crippen molar-refractivity contribution < 1.29 is 13.2 Å². The van der Waals surface area contributed by atoms with Crippen LogP contribution in [0.4, 0.5) is 0 Å². The molecule has 1 N–H and O–H groups in total. The van der Waals surface area contributed by atoms with Gasteiger partial charge in [-0.3, -0.25) is 4.79 Å². The number of carbonyl (C=O) groups excluding carboxylic acids is 1. The van der Waals surface area contributed by atoms with Crippen LogP contribution in [0.15, 0.2) is 23.1 Å². The van der Waals surface area contributed by atoms with E-state index in [9.17, 15) is 13.2 Å². The Kier molecular flexibility index (Phi) is 4.13. The second-order valence-corrected chi connectivity index (χ2v) is 8.16. The second kappa shape index (κ2) is 5.42. The number of nitrogens with one attached hydrogen (secondary N) is 1. The van der Waals surface area contributed by atoms with Crippen LogP contribution in [0.3, 0.4) is 0 Å². The molecular formula is C15H22N2O3S. The third kappa shape index (κ3) is 3.63. The molecule has 2 rings (SSSR count). The highest BCUT2D eigenvalue weighted by molar-refractivity contribution is 7.89. The van der Waals surface area contributed by atoms with Gasteiger partial charge in [0.15, 0.2) is 0 Å². The second-order valence-electron chi connectivity index (χ2n) is 6.48. The summed E-state index contributed by atoms with van der Waals surface area (Å²) < 4.78 is 27.3. The van der Waals surface area contributed by atoms with Crippen molar-refractivity contribution in [1.82, 2.24) is 9.62 Å². The number of likely N-dealkylation sites (tertiary alicyclic amines) is 1. The summed E-state index contributed by atoms with van der Waals surface area (Å²) in [5.74, 6) is -0.0911. The summed E-state index contributed by atoms with van der Waals surface area (Å²) in [5, 5.41) is 0. The van der Waals surface area contributed by atoms with Crippen molar-refractivity contribution in [2.24, 2.45) is 0 Å². The van der Waals surface area contributed by atoms with Crippen molar-refractivity contribution in [2.75, 3.05) is 13.1 Å². The molecule has 6 heteroatoms. The summed E-state index contributed by atoms with van der Waals surface area (Å²) in [6.45, 7) is 8.66. The summed E-state index contributed by atoms with van der Waals surface area (Å²) >= 11 is 0. The smallest absolute Gasteiger partial charge is 0.254 e. The highest BCUT2D eigenvalue weighted by Gasteiger charge is 2.26. The molecule has 1 aromatic rings. The fraction of sp³-hybridized carbons (Fsp3) is 0.533. The van der Waals surface area contributed by atoms with Crippen molar-refractivity contribution >= 4 is 15.9 Å². The molecule has 1 aliphatic heterocycles. The van der Waals surface area contributed by atoms with E-state index in [0.717, 1.165) is 25.1 Å². The fourth-order valence-electron chi connectivity index (χ4n) is 2.15. The summed E-state index contributed by atoms with van der Waals surface area (Å²) in [6, 6.07) is 4.70. The van der Waals surface area contributed by atoms with Gasteiger partial charge in [-0.25, -0.2) is 13.1 Å². The van der Waals surface area contributed by atoms with E-state index in [1.807, 2.05) is 6.92 Å². The molecule has 21 heavy (non-hydrogen) atoms. The number of carbonyl (C=O) groups is 1. The maximum absolute atomic E-state index is 12.4. The highest BCUT2D eigenvalue weighted by Crippen LogP contribution is 2.21. The zero-order chi connectivity index (χ0) is 15.8. The predicted octanol–water partition coefficient (Wildman–Crippen LogP) is 1.92. The van der Waals surface area contributed by atoms with E-state index in [1.54, 1.807) is 31.7 Å². The van der Waals surface area contributed by atoms with Crippen LogP contribution in [0, 0.1) is 6.92 Å². The molecule has 116 valence electrons. The van der Waals surface area contributed by atoms with Gasteiger partial charge in [-0.1, -0.05) is 6.07 Å². The van der Waals surface area contributed by atoms with Gasteiger partial charge in [0, 0.05) is 24.2 Å². The molecule has 1 amide bonds. The molecule has 0 spiro atoms. The SMILES string of the molecule is Cc1ccc(S(=O)(=O)NC(C)(C)C)cc1C(=O)N1CCC1. The lowest BCUT2D eigenvalue weighted by molar-refractivity contribution is 0.0651. The first-order chi connectivity index (χ1) is 9.60. The Morgan fingerprint density at radius 1 is 1.24 bits per heavy atom. The van der Waals surface area contributed by atoms with Crippen LogP contribution in [0.1, 0.15) is 43.1 Å². The lowest BCUT2D eigenvalue weighted by Crippen LogP contribution is -2.42. The van der Waals surface area contributed by atoms with E-state index in [2.05, 4.69) is 4.72 Å².